The third-order valence-electron chi connectivity index (χ3n) is 3.64. The van der Waals surface area contributed by atoms with Gasteiger partial charge in [-0.25, -0.2) is 0 Å². The summed E-state index contributed by atoms with van der Waals surface area (Å²) in [5.41, 5.74) is 3.97. The number of benzene rings is 2. The maximum atomic E-state index is 4.55. The van der Waals surface area contributed by atoms with E-state index in [0.29, 0.717) is 14.5 Å². The molecule has 0 radical (unpaired) electrons. The Morgan fingerprint density at radius 1 is 0.850 bits per heavy atom. The SMILES string of the molecule is Cc1ccc(-c2cccc3c2[se]c2ncccc23)cc1. The van der Waals surface area contributed by atoms with E-state index in [2.05, 4.69) is 60.4 Å². The Morgan fingerprint density at radius 2 is 1.65 bits per heavy atom. The predicted molar refractivity (Wildman–Crippen MR) is 86.4 cm³/mol. The van der Waals surface area contributed by atoms with Gasteiger partial charge in [0.25, 0.3) is 0 Å². The van der Waals surface area contributed by atoms with Gasteiger partial charge < -0.3 is 0 Å². The number of nitrogens with zero attached hydrogens (tertiary/aromatic N) is 1. The molecular weight excluding hydrogens is 309 g/mol. The zero-order valence-electron chi connectivity index (χ0n) is 11.1. The van der Waals surface area contributed by atoms with Gasteiger partial charge in [0.1, 0.15) is 0 Å². The summed E-state index contributed by atoms with van der Waals surface area (Å²) in [6, 6.07) is 19.6. The first kappa shape index (κ1) is 11.9. The van der Waals surface area contributed by atoms with Gasteiger partial charge in [-0.1, -0.05) is 0 Å². The molecule has 96 valence electrons. The summed E-state index contributed by atoms with van der Waals surface area (Å²) < 4.78 is 2.73. The number of hydrogen-bond acceptors (Lipinski definition) is 1. The molecule has 0 fully saturated rings. The average Bonchev–Trinajstić information content (AvgIpc) is 2.87. The van der Waals surface area contributed by atoms with Gasteiger partial charge in [0.2, 0.25) is 0 Å². The predicted octanol–water partition coefficient (Wildman–Crippen LogP) is 4.42. The first-order valence-electron chi connectivity index (χ1n) is 6.66. The van der Waals surface area contributed by atoms with Crippen molar-refractivity contribution in [1.82, 2.24) is 4.98 Å². The Bertz CT molecular complexity index is 904. The van der Waals surface area contributed by atoms with E-state index in [-0.39, 0.29) is 0 Å². The van der Waals surface area contributed by atoms with Crippen LogP contribution in [-0.2, 0) is 0 Å². The Labute approximate surface area is 123 Å². The summed E-state index contributed by atoms with van der Waals surface area (Å²) >= 11 is 0.313. The maximum absolute atomic E-state index is 4.55. The molecule has 2 heteroatoms. The normalized spacial score (nSPS) is 11.2. The Hall–Kier alpha value is -1.89. The van der Waals surface area contributed by atoms with Crippen molar-refractivity contribution >= 4 is 33.9 Å². The van der Waals surface area contributed by atoms with Crippen LogP contribution in [0.4, 0.5) is 0 Å². The van der Waals surface area contributed by atoms with Crippen LogP contribution in [0.15, 0.2) is 60.8 Å². The topological polar surface area (TPSA) is 12.9 Å². The van der Waals surface area contributed by atoms with E-state index in [4.69, 9.17) is 0 Å². The molecule has 4 rings (SSSR count). The monoisotopic (exact) mass is 323 g/mol. The molecule has 1 nitrogen and oxygen atoms in total. The van der Waals surface area contributed by atoms with E-state index in [1.165, 1.54) is 36.1 Å². The van der Waals surface area contributed by atoms with Crippen LogP contribution >= 0.6 is 0 Å². The fraction of sp³-hybridized carbons (Fsp3) is 0.0556. The quantitative estimate of drug-likeness (QED) is 0.473. The van der Waals surface area contributed by atoms with Crippen LogP contribution in [0.3, 0.4) is 0 Å². The Balaban J connectivity index is 2.07. The fourth-order valence-corrected chi connectivity index (χ4v) is 5.07. The molecule has 0 unspecified atom stereocenters. The molecule has 0 N–H and O–H groups in total. The van der Waals surface area contributed by atoms with Gasteiger partial charge in [-0.3, -0.25) is 0 Å². The zero-order chi connectivity index (χ0) is 13.5. The third-order valence-corrected chi connectivity index (χ3v) is 6.08. The summed E-state index contributed by atoms with van der Waals surface area (Å²) in [5.74, 6) is 0. The molecule has 0 aliphatic carbocycles. The number of hydrogen-bond donors (Lipinski definition) is 0. The molecule has 2 heterocycles. The first-order chi connectivity index (χ1) is 9.83. The van der Waals surface area contributed by atoms with E-state index in [9.17, 15) is 0 Å². The van der Waals surface area contributed by atoms with Crippen LogP contribution in [0, 0.1) is 6.92 Å². The van der Waals surface area contributed by atoms with Crippen molar-refractivity contribution in [3.63, 3.8) is 0 Å². The number of aromatic nitrogens is 1. The molecule has 20 heavy (non-hydrogen) atoms. The minimum atomic E-state index is 0.313. The van der Waals surface area contributed by atoms with Gasteiger partial charge in [-0.15, -0.1) is 0 Å². The molecule has 0 bridgehead atoms. The van der Waals surface area contributed by atoms with E-state index < -0.39 is 0 Å². The Morgan fingerprint density at radius 3 is 2.50 bits per heavy atom. The van der Waals surface area contributed by atoms with Crippen LogP contribution in [0.2, 0.25) is 0 Å². The first-order valence-corrected chi connectivity index (χ1v) is 8.37. The average molecular weight is 322 g/mol. The molecule has 0 atom stereocenters. The fourth-order valence-electron chi connectivity index (χ4n) is 2.59. The second kappa shape index (κ2) is 4.59. The van der Waals surface area contributed by atoms with Crippen molar-refractivity contribution < 1.29 is 0 Å². The van der Waals surface area contributed by atoms with Crippen LogP contribution in [0.5, 0.6) is 0 Å². The van der Waals surface area contributed by atoms with Crippen molar-refractivity contribution in [1.29, 1.82) is 0 Å². The second-order valence-corrected chi connectivity index (χ2v) is 7.10. The van der Waals surface area contributed by atoms with Gasteiger partial charge >= 0.3 is 123 Å². The molecule has 0 spiro atoms. The summed E-state index contributed by atoms with van der Waals surface area (Å²) in [4.78, 5) is 4.55. The summed E-state index contributed by atoms with van der Waals surface area (Å²) in [6.07, 6.45) is 1.90. The molecule has 2 aromatic carbocycles. The number of fused-ring (bicyclic) bond motifs is 3. The zero-order valence-corrected chi connectivity index (χ0v) is 12.8. The standard InChI is InChI=1S/C18H13NSe/c1-12-7-9-13(10-8-12)14-4-2-5-15-16-6-3-11-19-18(16)20-17(14)15/h2-11H,1H3. The van der Waals surface area contributed by atoms with E-state index >= 15 is 0 Å². The molecule has 0 saturated heterocycles. The third kappa shape index (κ3) is 1.81. The van der Waals surface area contributed by atoms with Gasteiger partial charge in [0.05, 0.1) is 0 Å². The van der Waals surface area contributed by atoms with E-state index in [1.54, 1.807) is 0 Å². The van der Waals surface area contributed by atoms with Crippen LogP contribution in [0.25, 0.3) is 30.6 Å². The van der Waals surface area contributed by atoms with Gasteiger partial charge in [0.15, 0.2) is 0 Å². The van der Waals surface area contributed by atoms with Crippen molar-refractivity contribution in [2.45, 2.75) is 6.92 Å². The van der Waals surface area contributed by atoms with Crippen molar-refractivity contribution in [3.8, 4) is 11.1 Å². The molecular formula is C18H13NSe. The molecule has 0 amide bonds. The van der Waals surface area contributed by atoms with Crippen molar-refractivity contribution in [2.24, 2.45) is 0 Å². The molecule has 0 aliphatic heterocycles. The van der Waals surface area contributed by atoms with Crippen molar-refractivity contribution in [2.75, 3.05) is 0 Å². The van der Waals surface area contributed by atoms with Crippen LogP contribution in [0.1, 0.15) is 5.56 Å². The Kier molecular flexibility index (Phi) is 2.73. The van der Waals surface area contributed by atoms with Crippen molar-refractivity contribution in [3.05, 3.63) is 66.4 Å². The number of pyridine rings is 1. The van der Waals surface area contributed by atoms with Gasteiger partial charge in [-0.2, -0.15) is 0 Å². The van der Waals surface area contributed by atoms with Gasteiger partial charge in [0, 0.05) is 0 Å². The summed E-state index contributed by atoms with van der Waals surface area (Å²) in [7, 11) is 0. The van der Waals surface area contributed by atoms with Gasteiger partial charge in [-0.05, 0) is 0 Å². The van der Waals surface area contributed by atoms with Crippen LogP contribution < -0.4 is 0 Å². The molecule has 0 saturated carbocycles. The summed E-state index contributed by atoms with van der Waals surface area (Å²) in [6.45, 7) is 2.13. The number of rotatable bonds is 1. The van der Waals surface area contributed by atoms with E-state index in [1.807, 2.05) is 12.3 Å². The molecule has 2 aromatic heterocycles. The summed E-state index contributed by atoms with van der Waals surface area (Å²) in [5, 5.41) is 2.68. The van der Waals surface area contributed by atoms with Crippen LogP contribution in [-0.4, -0.2) is 19.5 Å². The molecule has 0 aliphatic rings. The second-order valence-electron chi connectivity index (χ2n) is 5.01. The number of aryl methyl sites for hydroxylation is 1. The minimum absolute atomic E-state index is 0.313. The van der Waals surface area contributed by atoms with E-state index in [0.717, 1.165) is 0 Å². The molecule has 4 aromatic rings.